The highest BCUT2D eigenvalue weighted by molar-refractivity contribution is 5.95. The molecule has 2 N–H and O–H groups in total. The van der Waals surface area contributed by atoms with Gasteiger partial charge in [-0.05, 0) is 75.0 Å². The van der Waals surface area contributed by atoms with Crippen LogP contribution in [0.25, 0.3) is 0 Å². The number of benzene rings is 1. The number of hydrogen-bond donors (Lipinski definition) is 2. The summed E-state index contributed by atoms with van der Waals surface area (Å²) < 4.78 is 0. The van der Waals surface area contributed by atoms with Crippen molar-refractivity contribution in [2.75, 3.05) is 5.32 Å². The highest BCUT2D eigenvalue weighted by Gasteiger charge is 2.60. The Morgan fingerprint density at radius 3 is 2.57 bits per heavy atom. The minimum Gasteiger partial charge on any atom is -0.390 e. The van der Waals surface area contributed by atoms with Gasteiger partial charge in [0.05, 0.1) is 11.0 Å². The molecule has 4 saturated carbocycles. The molecular formula is C18H23NO2. The van der Waals surface area contributed by atoms with Crippen LogP contribution in [0.3, 0.4) is 0 Å². The molecule has 0 unspecified atom stereocenters. The van der Waals surface area contributed by atoms with Crippen LogP contribution in [0.15, 0.2) is 24.3 Å². The van der Waals surface area contributed by atoms with Gasteiger partial charge in [0, 0.05) is 5.69 Å². The van der Waals surface area contributed by atoms with Gasteiger partial charge in [0.25, 0.3) is 0 Å². The van der Waals surface area contributed by atoms with E-state index in [4.69, 9.17) is 0 Å². The van der Waals surface area contributed by atoms with Crippen LogP contribution in [-0.2, 0) is 4.79 Å². The summed E-state index contributed by atoms with van der Waals surface area (Å²) in [5.41, 5.74) is 1.12. The smallest absolute Gasteiger partial charge is 0.230 e. The maximum atomic E-state index is 12.9. The van der Waals surface area contributed by atoms with Gasteiger partial charge < -0.3 is 10.4 Å². The second kappa shape index (κ2) is 4.33. The van der Waals surface area contributed by atoms with Crippen LogP contribution in [0.2, 0.25) is 0 Å². The molecule has 0 aromatic heterocycles. The molecule has 4 aliphatic carbocycles. The first-order valence-electron chi connectivity index (χ1n) is 8.07. The van der Waals surface area contributed by atoms with Gasteiger partial charge in [-0.15, -0.1) is 0 Å². The van der Waals surface area contributed by atoms with E-state index in [0.29, 0.717) is 18.3 Å². The molecule has 0 heterocycles. The Morgan fingerprint density at radius 2 is 1.95 bits per heavy atom. The molecule has 3 nitrogen and oxygen atoms in total. The molecule has 4 aliphatic rings. The first-order chi connectivity index (χ1) is 9.96. The molecule has 0 radical (unpaired) electrons. The van der Waals surface area contributed by atoms with E-state index in [2.05, 4.69) is 5.32 Å². The van der Waals surface area contributed by atoms with Crippen LogP contribution in [0.1, 0.15) is 44.1 Å². The van der Waals surface area contributed by atoms with Gasteiger partial charge >= 0.3 is 0 Å². The molecular weight excluding hydrogens is 262 g/mol. The number of aliphatic hydroxyl groups is 1. The normalized spacial score (nSPS) is 40.3. The minimum atomic E-state index is -0.575. The molecule has 1 aromatic carbocycles. The molecule has 0 saturated heterocycles. The third-order valence-electron chi connectivity index (χ3n) is 5.79. The lowest BCUT2D eigenvalue weighted by Crippen LogP contribution is -2.59. The van der Waals surface area contributed by atoms with Crippen LogP contribution in [0, 0.1) is 24.2 Å². The first kappa shape index (κ1) is 13.3. The zero-order valence-corrected chi connectivity index (χ0v) is 12.6. The molecule has 2 atom stereocenters. The Bertz CT molecular complexity index is 581. The zero-order chi connectivity index (χ0) is 14.7. The highest BCUT2D eigenvalue weighted by atomic mass is 16.3. The molecule has 1 amide bonds. The minimum absolute atomic E-state index is 0.126. The fraction of sp³-hybridized carbons (Fsp3) is 0.611. The fourth-order valence-corrected chi connectivity index (χ4v) is 5.47. The van der Waals surface area contributed by atoms with Crippen molar-refractivity contribution in [3.05, 3.63) is 29.8 Å². The van der Waals surface area contributed by atoms with Crippen molar-refractivity contribution >= 4 is 11.6 Å². The molecule has 0 aliphatic heterocycles. The van der Waals surface area contributed by atoms with Crippen LogP contribution < -0.4 is 5.32 Å². The van der Waals surface area contributed by atoms with E-state index in [0.717, 1.165) is 36.9 Å². The van der Waals surface area contributed by atoms with Crippen molar-refractivity contribution < 1.29 is 9.90 Å². The molecule has 4 fully saturated rings. The fourth-order valence-electron chi connectivity index (χ4n) is 5.47. The second-order valence-corrected chi connectivity index (χ2v) is 7.79. The van der Waals surface area contributed by atoms with Gasteiger partial charge in [-0.3, -0.25) is 4.79 Å². The van der Waals surface area contributed by atoms with Crippen molar-refractivity contribution in [2.45, 2.75) is 51.0 Å². The van der Waals surface area contributed by atoms with Gasteiger partial charge in [0.1, 0.15) is 0 Å². The summed E-state index contributed by atoms with van der Waals surface area (Å²) in [6.45, 7) is 2.03. The number of carbonyl (C=O) groups excluding carboxylic acids is 1. The number of aryl methyl sites for hydroxylation is 1. The summed E-state index contributed by atoms with van der Waals surface area (Å²) >= 11 is 0. The maximum Gasteiger partial charge on any atom is 0.230 e. The van der Waals surface area contributed by atoms with Gasteiger partial charge in [0.15, 0.2) is 0 Å². The van der Waals surface area contributed by atoms with Crippen molar-refractivity contribution in [2.24, 2.45) is 17.3 Å². The maximum absolute atomic E-state index is 12.9. The number of rotatable bonds is 2. The summed E-state index contributed by atoms with van der Waals surface area (Å²) in [4.78, 5) is 12.9. The summed E-state index contributed by atoms with van der Waals surface area (Å²) in [5.74, 6) is 1.21. The van der Waals surface area contributed by atoms with Crippen molar-refractivity contribution in [1.29, 1.82) is 0 Å². The third kappa shape index (κ3) is 2.18. The largest absolute Gasteiger partial charge is 0.390 e. The summed E-state index contributed by atoms with van der Waals surface area (Å²) in [5, 5.41) is 13.9. The van der Waals surface area contributed by atoms with Crippen molar-refractivity contribution in [1.82, 2.24) is 0 Å². The molecule has 3 heteroatoms. The molecule has 0 spiro atoms. The third-order valence-corrected chi connectivity index (χ3v) is 5.79. The lowest BCUT2D eigenvalue weighted by Gasteiger charge is -2.59. The van der Waals surface area contributed by atoms with E-state index in [9.17, 15) is 9.90 Å². The number of anilines is 1. The average Bonchev–Trinajstić information content (AvgIpc) is 2.35. The van der Waals surface area contributed by atoms with Gasteiger partial charge in [-0.25, -0.2) is 0 Å². The Kier molecular flexibility index (Phi) is 2.74. The Labute approximate surface area is 125 Å². The number of carbonyl (C=O) groups is 1. The molecule has 112 valence electrons. The summed E-state index contributed by atoms with van der Waals surface area (Å²) in [7, 11) is 0. The van der Waals surface area contributed by atoms with E-state index in [1.54, 1.807) is 0 Å². The van der Waals surface area contributed by atoms with E-state index in [-0.39, 0.29) is 11.3 Å². The van der Waals surface area contributed by atoms with Gasteiger partial charge in [0.2, 0.25) is 5.91 Å². The van der Waals surface area contributed by atoms with E-state index < -0.39 is 5.60 Å². The van der Waals surface area contributed by atoms with Gasteiger partial charge in [-0.2, -0.15) is 0 Å². The molecule has 5 rings (SSSR count). The lowest BCUT2D eigenvalue weighted by atomic mass is 9.47. The van der Waals surface area contributed by atoms with E-state index in [1.165, 1.54) is 6.42 Å². The summed E-state index contributed by atoms with van der Waals surface area (Å²) in [6.07, 6.45) is 5.60. The topological polar surface area (TPSA) is 49.3 Å². The molecule has 21 heavy (non-hydrogen) atoms. The number of hydrogen-bond acceptors (Lipinski definition) is 2. The number of amides is 1. The highest BCUT2D eigenvalue weighted by Crippen LogP contribution is 2.61. The van der Waals surface area contributed by atoms with Gasteiger partial charge in [-0.1, -0.05) is 12.1 Å². The Morgan fingerprint density at radius 1 is 1.24 bits per heavy atom. The molecule has 4 bridgehead atoms. The monoisotopic (exact) mass is 285 g/mol. The summed E-state index contributed by atoms with van der Waals surface area (Å²) in [6, 6.07) is 7.95. The average molecular weight is 285 g/mol. The quantitative estimate of drug-likeness (QED) is 0.876. The van der Waals surface area contributed by atoms with Crippen molar-refractivity contribution in [3.63, 3.8) is 0 Å². The lowest BCUT2D eigenvalue weighted by molar-refractivity contribution is -0.174. The predicted molar refractivity (Wildman–Crippen MR) is 81.9 cm³/mol. The van der Waals surface area contributed by atoms with E-state index in [1.807, 2.05) is 31.2 Å². The van der Waals surface area contributed by atoms with Crippen LogP contribution in [-0.4, -0.2) is 16.6 Å². The SMILES string of the molecule is Cc1cccc(NC(=O)C23C[C@H]4C[C@@H](CC(O)(C4)C2)C3)c1. The number of nitrogens with one attached hydrogen (secondary N) is 1. The Hall–Kier alpha value is -1.35. The Balaban J connectivity index is 1.59. The molecule has 1 aromatic rings. The first-order valence-corrected chi connectivity index (χ1v) is 8.07. The van der Waals surface area contributed by atoms with E-state index >= 15 is 0 Å². The zero-order valence-electron chi connectivity index (χ0n) is 12.6. The van der Waals surface area contributed by atoms with Crippen LogP contribution in [0.4, 0.5) is 5.69 Å². The predicted octanol–water partition coefficient (Wildman–Crippen LogP) is 3.26. The van der Waals surface area contributed by atoms with Crippen LogP contribution >= 0.6 is 0 Å². The second-order valence-electron chi connectivity index (χ2n) is 7.79. The van der Waals surface area contributed by atoms with Crippen LogP contribution in [0.5, 0.6) is 0 Å². The van der Waals surface area contributed by atoms with Crippen molar-refractivity contribution in [3.8, 4) is 0 Å². The standard InChI is InChI=1S/C18H23NO2/c1-12-3-2-4-15(5-12)19-16(20)17-7-13-6-14(8-17)10-18(21,9-13)11-17/h2-5,13-14,21H,6-11H2,1H3,(H,19,20)/t13-,14-,17?,18?/m1/s1.